The summed E-state index contributed by atoms with van der Waals surface area (Å²) in [6.07, 6.45) is 8.93. The lowest BCUT2D eigenvalue weighted by Gasteiger charge is -2.34. The SMILES string of the molecule is CN(C1CCC(c2ccc(OCCCN3CCCCC3)cc2)CC1)S(=O)(=O)c1ccccc1. The normalized spacial score (nSPS) is 22.4. The summed E-state index contributed by atoms with van der Waals surface area (Å²) in [6, 6.07) is 17.4. The van der Waals surface area contributed by atoms with Crippen molar-refractivity contribution in [3.63, 3.8) is 0 Å². The van der Waals surface area contributed by atoms with Gasteiger partial charge in [-0.25, -0.2) is 8.42 Å². The van der Waals surface area contributed by atoms with E-state index in [-0.39, 0.29) is 6.04 Å². The molecule has 5 nitrogen and oxygen atoms in total. The van der Waals surface area contributed by atoms with Crippen LogP contribution in [-0.4, -0.2) is 57.0 Å². The van der Waals surface area contributed by atoms with Gasteiger partial charge in [-0.2, -0.15) is 4.31 Å². The van der Waals surface area contributed by atoms with Crippen molar-refractivity contribution in [2.24, 2.45) is 0 Å². The predicted molar refractivity (Wildman–Crippen MR) is 133 cm³/mol. The molecule has 0 bridgehead atoms. The largest absolute Gasteiger partial charge is 0.494 e. The van der Waals surface area contributed by atoms with Gasteiger partial charge < -0.3 is 9.64 Å². The molecule has 33 heavy (non-hydrogen) atoms. The lowest BCUT2D eigenvalue weighted by molar-refractivity contribution is 0.205. The van der Waals surface area contributed by atoms with E-state index < -0.39 is 10.0 Å². The zero-order valence-electron chi connectivity index (χ0n) is 19.9. The van der Waals surface area contributed by atoms with Crippen LogP contribution in [0.15, 0.2) is 59.5 Å². The average Bonchev–Trinajstić information content (AvgIpc) is 2.88. The van der Waals surface area contributed by atoms with Gasteiger partial charge in [0, 0.05) is 19.6 Å². The third kappa shape index (κ3) is 6.37. The standard InChI is InChI=1S/C27H38N2O3S/c1-28(33(30,31)27-9-4-2-5-10-27)25-15-11-23(12-16-25)24-13-17-26(18-14-24)32-22-8-21-29-19-6-3-7-20-29/h2,4-5,9-10,13-14,17-18,23,25H,3,6-8,11-12,15-16,19-22H2,1H3. The molecule has 2 aromatic rings. The van der Waals surface area contributed by atoms with E-state index in [0.717, 1.165) is 51.0 Å². The summed E-state index contributed by atoms with van der Waals surface area (Å²) in [4.78, 5) is 2.93. The van der Waals surface area contributed by atoms with Crippen molar-refractivity contribution in [1.29, 1.82) is 0 Å². The first-order chi connectivity index (χ1) is 16.0. The Bertz CT molecular complexity index is 949. The molecule has 1 saturated carbocycles. The molecule has 2 aliphatic rings. The molecule has 1 aliphatic carbocycles. The van der Waals surface area contributed by atoms with Crippen LogP contribution in [0.25, 0.3) is 0 Å². The molecule has 0 atom stereocenters. The number of sulfonamides is 1. The highest BCUT2D eigenvalue weighted by Gasteiger charge is 2.31. The van der Waals surface area contributed by atoms with E-state index in [2.05, 4.69) is 29.2 Å². The number of benzene rings is 2. The fourth-order valence-electron chi connectivity index (χ4n) is 5.23. The van der Waals surface area contributed by atoms with Crippen LogP contribution >= 0.6 is 0 Å². The predicted octanol–water partition coefficient (Wildman–Crippen LogP) is 5.29. The number of hydrogen-bond donors (Lipinski definition) is 0. The minimum absolute atomic E-state index is 0.0639. The number of likely N-dealkylation sites (tertiary alicyclic amines) is 1. The van der Waals surface area contributed by atoms with Crippen LogP contribution in [0, 0.1) is 0 Å². The van der Waals surface area contributed by atoms with Gasteiger partial charge in [0.25, 0.3) is 0 Å². The maximum absolute atomic E-state index is 12.9. The molecule has 0 aromatic heterocycles. The van der Waals surface area contributed by atoms with Gasteiger partial charge in [-0.05, 0) is 93.8 Å². The molecular weight excluding hydrogens is 432 g/mol. The molecule has 1 aliphatic heterocycles. The van der Waals surface area contributed by atoms with E-state index in [1.54, 1.807) is 35.6 Å². The van der Waals surface area contributed by atoms with E-state index in [1.165, 1.54) is 37.9 Å². The van der Waals surface area contributed by atoms with Crippen LogP contribution in [0.1, 0.15) is 62.8 Å². The van der Waals surface area contributed by atoms with Crippen molar-refractivity contribution in [3.05, 3.63) is 60.2 Å². The molecule has 4 rings (SSSR count). The third-order valence-corrected chi connectivity index (χ3v) is 9.24. The van der Waals surface area contributed by atoms with Gasteiger partial charge in [0.1, 0.15) is 5.75 Å². The highest BCUT2D eigenvalue weighted by Crippen LogP contribution is 2.36. The lowest BCUT2D eigenvalue weighted by atomic mass is 9.82. The topological polar surface area (TPSA) is 49.9 Å². The maximum Gasteiger partial charge on any atom is 0.243 e. The zero-order chi connectivity index (χ0) is 23.1. The minimum Gasteiger partial charge on any atom is -0.494 e. The Hall–Kier alpha value is -1.89. The summed E-state index contributed by atoms with van der Waals surface area (Å²) in [5, 5.41) is 0. The number of rotatable bonds is 9. The number of hydrogen-bond acceptors (Lipinski definition) is 4. The Labute approximate surface area is 199 Å². The Morgan fingerprint density at radius 3 is 2.24 bits per heavy atom. The fourth-order valence-corrected chi connectivity index (χ4v) is 6.66. The first kappa shape index (κ1) is 24.2. The second kappa shape index (κ2) is 11.5. The molecule has 1 heterocycles. The van der Waals surface area contributed by atoms with Crippen LogP contribution < -0.4 is 4.74 Å². The van der Waals surface area contributed by atoms with E-state index in [1.807, 2.05) is 6.07 Å². The van der Waals surface area contributed by atoms with Crippen molar-refractivity contribution in [2.75, 3.05) is 33.3 Å². The van der Waals surface area contributed by atoms with Crippen LogP contribution in [0.3, 0.4) is 0 Å². The molecule has 6 heteroatoms. The molecule has 0 amide bonds. The molecule has 2 fully saturated rings. The summed E-state index contributed by atoms with van der Waals surface area (Å²) < 4.78 is 33.4. The van der Waals surface area contributed by atoms with Crippen molar-refractivity contribution in [2.45, 2.75) is 68.2 Å². The number of nitrogens with zero attached hydrogens (tertiary/aromatic N) is 2. The number of ether oxygens (including phenoxy) is 1. The molecule has 1 saturated heterocycles. The molecule has 2 aromatic carbocycles. The second-order valence-corrected chi connectivity index (χ2v) is 11.5. The van der Waals surface area contributed by atoms with Crippen molar-refractivity contribution in [3.8, 4) is 5.75 Å². The fraction of sp³-hybridized carbons (Fsp3) is 0.556. The minimum atomic E-state index is -3.43. The smallest absolute Gasteiger partial charge is 0.243 e. The molecule has 0 unspecified atom stereocenters. The monoisotopic (exact) mass is 470 g/mol. The van der Waals surface area contributed by atoms with Gasteiger partial charge in [-0.1, -0.05) is 36.8 Å². The van der Waals surface area contributed by atoms with Gasteiger partial charge in [-0.3, -0.25) is 0 Å². The Kier molecular flexibility index (Phi) is 8.45. The molecule has 180 valence electrons. The van der Waals surface area contributed by atoms with Gasteiger partial charge >= 0.3 is 0 Å². The van der Waals surface area contributed by atoms with E-state index in [4.69, 9.17) is 4.74 Å². The van der Waals surface area contributed by atoms with Gasteiger partial charge in [0.15, 0.2) is 0 Å². The first-order valence-corrected chi connectivity index (χ1v) is 14.0. The van der Waals surface area contributed by atoms with E-state index in [9.17, 15) is 8.42 Å². The van der Waals surface area contributed by atoms with E-state index in [0.29, 0.717) is 10.8 Å². The summed E-state index contributed by atoms with van der Waals surface area (Å²) >= 11 is 0. The summed E-state index contributed by atoms with van der Waals surface area (Å²) in [5.41, 5.74) is 1.34. The highest BCUT2D eigenvalue weighted by molar-refractivity contribution is 7.89. The average molecular weight is 471 g/mol. The summed E-state index contributed by atoms with van der Waals surface area (Å²) in [6.45, 7) is 4.38. The molecule has 0 N–H and O–H groups in total. The Morgan fingerprint density at radius 2 is 1.58 bits per heavy atom. The Balaban J connectivity index is 1.22. The van der Waals surface area contributed by atoms with Gasteiger partial charge in [0.2, 0.25) is 10.0 Å². The summed E-state index contributed by atoms with van der Waals surface area (Å²) in [7, 11) is -1.70. The van der Waals surface area contributed by atoms with Crippen LogP contribution in [0.5, 0.6) is 5.75 Å². The van der Waals surface area contributed by atoms with Crippen molar-refractivity contribution in [1.82, 2.24) is 9.21 Å². The van der Waals surface area contributed by atoms with E-state index >= 15 is 0 Å². The van der Waals surface area contributed by atoms with Crippen molar-refractivity contribution >= 4 is 10.0 Å². The quantitative estimate of drug-likeness (QED) is 0.468. The van der Waals surface area contributed by atoms with Crippen LogP contribution in [-0.2, 0) is 10.0 Å². The molecular formula is C27H38N2O3S. The Morgan fingerprint density at radius 1 is 0.909 bits per heavy atom. The molecule has 0 spiro atoms. The third-order valence-electron chi connectivity index (χ3n) is 7.32. The van der Waals surface area contributed by atoms with Gasteiger partial charge in [-0.15, -0.1) is 0 Å². The zero-order valence-corrected chi connectivity index (χ0v) is 20.7. The second-order valence-electron chi connectivity index (χ2n) is 9.51. The maximum atomic E-state index is 12.9. The van der Waals surface area contributed by atoms with Crippen LogP contribution in [0.4, 0.5) is 0 Å². The molecule has 0 radical (unpaired) electrons. The first-order valence-electron chi connectivity index (χ1n) is 12.5. The summed E-state index contributed by atoms with van der Waals surface area (Å²) in [5.74, 6) is 1.43. The van der Waals surface area contributed by atoms with Crippen molar-refractivity contribution < 1.29 is 13.2 Å². The van der Waals surface area contributed by atoms with Gasteiger partial charge in [0.05, 0.1) is 11.5 Å². The number of piperidine rings is 1. The lowest BCUT2D eigenvalue weighted by Crippen LogP contribution is -2.39. The highest BCUT2D eigenvalue weighted by atomic mass is 32.2. The van der Waals surface area contributed by atoms with Crippen LogP contribution in [0.2, 0.25) is 0 Å².